The molecule has 2 aliphatic heterocycles. The predicted molar refractivity (Wildman–Crippen MR) is 283 cm³/mol. The monoisotopic (exact) mass is 854 g/mol. The van der Waals surface area contributed by atoms with Gasteiger partial charge in [0, 0.05) is 39.4 Å². The zero-order valence-corrected chi connectivity index (χ0v) is 40.3. The Morgan fingerprint density at radius 2 is 0.985 bits per heavy atom. The van der Waals surface area contributed by atoms with E-state index in [2.05, 4.69) is 243 Å². The Bertz CT molecular complexity index is 3310. The molecular formula is C63H59BN2. The van der Waals surface area contributed by atoms with E-state index in [1.165, 1.54) is 117 Å². The lowest BCUT2D eigenvalue weighted by Gasteiger charge is -2.46. The quantitative estimate of drug-likeness (QED) is 0.163. The third kappa shape index (κ3) is 5.87. The molecule has 0 spiro atoms. The Labute approximate surface area is 393 Å². The number of rotatable bonds is 4. The van der Waals surface area contributed by atoms with E-state index in [4.69, 9.17) is 0 Å². The van der Waals surface area contributed by atoms with Crippen LogP contribution < -0.4 is 26.2 Å². The Morgan fingerprint density at radius 3 is 1.62 bits per heavy atom. The molecule has 0 saturated carbocycles. The Morgan fingerprint density at radius 1 is 0.439 bits per heavy atom. The summed E-state index contributed by atoms with van der Waals surface area (Å²) in [6.07, 6.45) is 1.11. The summed E-state index contributed by atoms with van der Waals surface area (Å²) < 4.78 is 0. The molecule has 0 fully saturated rings. The van der Waals surface area contributed by atoms with Crippen LogP contribution in [0, 0.1) is 6.92 Å². The number of nitrogens with zero attached hydrogens (tertiary/aromatic N) is 2. The molecule has 12 rings (SSSR count). The Hall–Kier alpha value is -6.58. The third-order valence-electron chi connectivity index (χ3n) is 15.9. The highest BCUT2D eigenvalue weighted by Gasteiger charge is 2.49. The van der Waals surface area contributed by atoms with Crippen LogP contribution in [0.4, 0.5) is 34.1 Å². The van der Waals surface area contributed by atoms with Crippen molar-refractivity contribution >= 4 is 57.2 Å². The molecule has 0 atom stereocenters. The second-order valence-corrected chi connectivity index (χ2v) is 22.6. The minimum atomic E-state index is -0.132. The van der Waals surface area contributed by atoms with Gasteiger partial charge in [-0.05, 0) is 150 Å². The normalized spacial score (nSPS) is 16.5. The Balaban J connectivity index is 1.22. The molecule has 0 radical (unpaired) electrons. The zero-order valence-electron chi connectivity index (χ0n) is 40.3. The number of anilines is 6. The van der Waals surface area contributed by atoms with Crippen LogP contribution in [0.25, 0.3) is 33.4 Å². The summed E-state index contributed by atoms with van der Waals surface area (Å²) in [6, 6.07) is 62.9. The average Bonchev–Trinajstić information content (AvgIpc) is 3.65. The molecule has 2 heterocycles. The highest BCUT2D eigenvalue weighted by molar-refractivity contribution is 7.00. The van der Waals surface area contributed by atoms with Gasteiger partial charge in [-0.15, -0.1) is 0 Å². The summed E-state index contributed by atoms with van der Waals surface area (Å²) in [5, 5.41) is 0. The second kappa shape index (κ2) is 14.0. The van der Waals surface area contributed by atoms with E-state index in [1.54, 1.807) is 0 Å². The number of hydrogen-bond donors (Lipinski definition) is 0. The molecule has 66 heavy (non-hydrogen) atoms. The number of fused-ring (bicyclic) bond motifs is 8. The molecule has 3 heteroatoms. The van der Waals surface area contributed by atoms with E-state index in [9.17, 15) is 0 Å². The van der Waals surface area contributed by atoms with E-state index >= 15 is 0 Å². The minimum Gasteiger partial charge on any atom is -0.311 e. The lowest BCUT2D eigenvalue weighted by atomic mass is 9.33. The molecule has 2 nitrogen and oxygen atoms in total. The molecular weight excluding hydrogens is 796 g/mol. The van der Waals surface area contributed by atoms with Gasteiger partial charge in [0.2, 0.25) is 0 Å². The summed E-state index contributed by atoms with van der Waals surface area (Å²) in [7, 11) is 0. The van der Waals surface area contributed by atoms with E-state index in [1.807, 2.05) is 0 Å². The predicted octanol–water partition coefficient (Wildman–Crippen LogP) is 15.0. The average molecular weight is 855 g/mol. The third-order valence-corrected chi connectivity index (χ3v) is 15.9. The molecule has 0 saturated heterocycles. The second-order valence-electron chi connectivity index (χ2n) is 22.6. The maximum absolute atomic E-state index is 2.67. The van der Waals surface area contributed by atoms with Crippen molar-refractivity contribution in [2.45, 2.75) is 97.3 Å². The van der Waals surface area contributed by atoms with Gasteiger partial charge in [-0.3, -0.25) is 0 Å². The van der Waals surface area contributed by atoms with Crippen molar-refractivity contribution in [3.63, 3.8) is 0 Å². The van der Waals surface area contributed by atoms with Gasteiger partial charge in [-0.2, -0.15) is 0 Å². The molecule has 0 aromatic heterocycles. The van der Waals surface area contributed by atoms with Gasteiger partial charge in [-0.1, -0.05) is 184 Å². The standard InChI is InChI=1S/C63H59BN2/c1-39-32-42(40-20-13-11-14-21-40)28-30-52(39)65-55-37-49-48(61(5,6)38-62(49,7)8)36-51(55)64-50-33-43(41-22-15-12-16-23-41)29-31-53(50)66(57-35-44(60(2,3)4)34-56(65)59(57)64)54-27-19-26-47-58(54)45-24-17-18-25-46(45)63(47,9)10/h11-37H,38H2,1-10H3. The van der Waals surface area contributed by atoms with Crippen LogP contribution in [0.15, 0.2) is 164 Å². The van der Waals surface area contributed by atoms with Crippen LogP contribution in [0.1, 0.15) is 102 Å². The smallest absolute Gasteiger partial charge is 0.252 e. The van der Waals surface area contributed by atoms with Gasteiger partial charge in [0.1, 0.15) is 0 Å². The van der Waals surface area contributed by atoms with Crippen molar-refractivity contribution in [1.29, 1.82) is 0 Å². The van der Waals surface area contributed by atoms with Crippen molar-refractivity contribution in [2.24, 2.45) is 0 Å². The molecule has 0 bridgehead atoms. The maximum atomic E-state index is 2.67. The fourth-order valence-corrected chi connectivity index (χ4v) is 12.9. The number of benzene rings is 8. The first-order chi connectivity index (χ1) is 31.5. The minimum absolute atomic E-state index is 0.000575. The summed E-state index contributed by atoms with van der Waals surface area (Å²) >= 11 is 0. The summed E-state index contributed by atoms with van der Waals surface area (Å²) in [5.74, 6) is 0. The number of hydrogen-bond acceptors (Lipinski definition) is 2. The van der Waals surface area contributed by atoms with Crippen LogP contribution >= 0.6 is 0 Å². The molecule has 324 valence electrons. The van der Waals surface area contributed by atoms with Crippen LogP contribution in [0.5, 0.6) is 0 Å². The summed E-state index contributed by atoms with van der Waals surface area (Å²) in [4.78, 5) is 5.34. The van der Waals surface area contributed by atoms with Crippen LogP contribution in [0.3, 0.4) is 0 Å². The molecule has 8 aromatic rings. The molecule has 0 amide bonds. The van der Waals surface area contributed by atoms with Gasteiger partial charge in [-0.25, -0.2) is 0 Å². The van der Waals surface area contributed by atoms with Crippen molar-refractivity contribution in [3.8, 4) is 33.4 Å². The molecule has 2 aliphatic carbocycles. The molecule has 4 aliphatic rings. The molecule has 0 N–H and O–H groups in total. The highest BCUT2D eigenvalue weighted by Crippen LogP contribution is 2.57. The van der Waals surface area contributed by atoms with Gasteiger partial charge >= 0.3 is 0 Å². The number of aryl methyl sites for hydroxylation is 1. The van der Waals surface area contributed by atoms with E-state index in [0.717, 1.165) is 6.42 Å². The van der Waals surface area contributed by atoms with Crippen molar-refractivity contribution in [3.05, 3.63) is 197 Å². The van der Waals surface area contributed by atoms with Gasteiger partial charge in [0.15, 0.2) is 0 Å². The van der Waals surface area contributed by atoms with Crippen LogP contribution in [-0.4, -0.2) is 6.71 Å². The lowest BCUT2D eigenvalue weighted by Crippen LogP contribution is -2.61. The van der Waals surface area contributed by atoms with E-state index in [0.29, 0.717) is 0 Å². The van der Waals surface area contributed by atoms with E-state index in [-0.39, 0.29) is 28.4 Å². The maximum Gasteiger partial charge on any atom is 0.252 e. The summed E-state index contributed by atoms with van der Waals surface area (Å²) in [6.45, 7) is 24.1. The molecule has 8 aromatic carbocycles. The largest absolute Gasteiger partial charge is 0.311 e. The van der Waals surface area contributed by atoms with E-state index < -0.39 is 0 Å². The highest BCUT2D eigenvalue weighted by atomic mass is 15.2. The zero-order chi connectivity index (χ0) is 45.7. The topological polar surface area (TPSA) is 6.48 Å². The van der Waals surface area contributed by atoms with Crippen molar-refractivity contribution in [1.82, 2.24) is 0 Å². The summed E-state index contributed by atoms with van der Waals surface area (Å²) in [5.41, 5.74) is 27.4. The first-order valence-electron chi connectivity index (χ1n) is 24.1. The molecule has 0 unspecified atom stereocenters. The van der Waals surface area contributed by atoms with Crippen LogP contribution in [-0.2, 0) is 21.7 Å². The lowest BCUT2D eigenvalue weighted by molar-refractivity contribution is 0.403. The van der Waals surface area contributed by atoms with Gasteiger partial charge in [0.25, 0.3) is 6.71 Å². The fraction of sp³-hybridized carbons (Fsp3) is 0.238. The van der Waals surface area contributed by atoms with Crippen LogP contribution in [0.2, 0.25) is 0 Å². The van der Waals surface area contributed by atoms with Gasteiger partial charge in [0.05, 0.1) is 5.69 Å². The first kappa shape index (κ1) is 40.9. The van der Waals surface area contributed by atoms with Gasteiger partial charge < -0.3 is 9.80 Å². The van der Waals surface area contributed by atoms with Crippen molar-refractivity contribution in [2.75, 3.05) is 9.80 Å². The Kier molecular flexibility index (Phi) is 8.66. The fourth-order valence-electron chi connectivity index (χ4n) is 12.9. The first-order valence-corrected chi connectivity index (χ1v) is 24.1. The van der Waals surface area contributed by atoms with Crippen molar-refractivity contribution < 1.29 is 0 Å². The SMILES string of the molecule is Cc1cc(-c2ccccc2)ccc1N1c2cc3c(cc2B2c4cc(-c5ccccc5)ccc4N(c4cccc5c4-c4ccccc4C5(C)C)c4cc(C(C)(C)C)cc1c42)C(C)(C)CC3(C)C.